The van der Waals surface area contributed by atoms with Gasteiger partial charge in [0.2, 0.25) is 0 Å². The molecule has 1 fully saturated rings. The molecule has 3 aromatic heterocycles. The number of hydrogen-bond donors (Lipinski definition) is 2. The van der Waals surface area contributed by atoms with Crippen LogP contribution in [-0.2, 0) is 16.1 Å². The van der Waals surface area contributed by atoms with Gasteiger partial charge in [0.1, 0.15) is 40.0 Å². The number of methoxy groups -OCH3 is 1. The van der Waals surface area contributed by atoms with Gasteiger partial charge in [-0.2, -0.15) is 0 Å². The van der Waals surface area contributed by atoms with Gasteiger partial charge in [-0.15, -0.1) is 0 Å². The number of aromatic amines is 1. The van der Waals surface area contributed by atoms with E-state index in [1.807, 2.05) is 17.0 Å². The number of rotatable bonds is 9. The molecule has 1 atom stereocenters. The van der Waals surface area contributed by atoms with Crippen molar-refractivity contribution in [1.29, 1.82) is 0 Å². The number of nitrogens with one attached hydrogen (secondary N) is 2. The van der Waals surface area contributed by atoms with Gasteiger partial charge < -0.3 is 23.9 Å². The predicted octanol–water partition coefficient (Wildman–Crippen LogP) is 5.40. The number of pyridine rings is 1. The molecule has 0 radical (unpaired) electrons. The number of nitrogens with zero attached hydrogens (tertiary/aromatic N) is 4. The van der Waals surface area contributed by atoms with Crippen LogP contribution in [0.15, 0.2) is 48.8 Å². The molecule has 0 spiro atoms. The topological polar surface area (TPSA) is 111 Å². The standard InChI is InChI=1S/C29H27F3N6O3S/c1-40-23-15-18(24-21(31)3-4-22(25(24)32)37-42(39)12-2-6-30)14-20-26(23)35-28(36-29(20)38-8-10-41-11-9-38)19-13-17-5-7-33-27(17)34-16-19/h3-5,7,13-16,37H,2,6,8-12H2,1H3,(H,33,34). The minimum atomic E-state index is -1.74. The normalized spacial score (nSPS) is 14.5. The molecule has 13 heteroatoms. The molecule has 1 aliphatic rings. The summed E-state index contributed by atoms with van der Waals surface area (Å²) in [7, 11) is 1.46. The van der Waals surface area contributed by atoms with Gasteiger partial charge in [-0.1, -0.05) is 0 Å². The van der Waals surface area contributed by atoms with Crippen LogP contribution in [0.25, 0.3) is 44.5 Å². The third kappa shape index (κ3) is 5.42. The van der Waals surface area contributed by atoms with E-state index in [0.29, 0.717) is 60.2 Å². The van der Waals surface area contributed by atoms with Gasteiger partial charge in [-0.3, -0.25) is 4.39 Å². The van der Waals surface area contributed by atoms with Crippen LogP contribution in [0.4, 0.5) is 24.7 Å². The highest BCUT2D eigenvalue weighted by Gasteiger charge is 2.24. The lowest BCUT2D eigenvalue weighted by atomic mass is 10.0. The molecule has 0 amide bonds. The molecular formula is C29H27F3N6O3S. The monoisotopic (exact) mass is 596 g/mol. The van der Waals surface area contributed by atoms with Crippen LogP contribution in [0.5, 0.6) is 5.75 Å². The molecular weight excluding hydrogens is 569 g/mol. The molecule has 5 aromatic rings. The highest BCUT2D eigenvalue weighted by molar-refractivity contribution is 7.92. The van der Waals surface area contributed by atoms with Gasteiger partial charge in [0.25, 0.3) is 0 Å². The van der Waals surface area contributed by atoms with Crippen LogP contribution in [-0.4, -0.2) is 70.3 Å². The van der Waals surface area contributed by atoms with E-state index >= 15 is 8.78 Å². The van der Waals surface area contributed by atoms with Gasteiger partial charge in [-0.05, 0) is 42.0 Å². The summed E-state index contributed by atoms with van der Waals surface area (Å²) in [6.45, 7) is 1.45. The highest BCUT2D eigenvalue weighted by Crippen LogP contribution is 2.40. The molecule has 4 heterocycles. The van der Waals surface area contributed by atoms with Crippen LogP contribution in [0.3, 0.4) is 0 Å². The van der Waals surface area contributed by atoms with Crippen molar-refractivity contribution in [3.05, 3.63) is 60.4 Å². The van der Waals surface area contributed by atoms with E-state index in [0.717, 1.165) is 17.1 Å². The van der Waals surface area contributed by atoms with E-state index in [9.17, 15) is 8.94 Å². The molecule has 2 N–H and O–H groups in total. The Morgan fingerprint density at radius 3 is 2.74 bits per heavy atom. The Morgan fingerprint density at radius 1 is 1.12 bits per heavy atom. The Kier molecular flexibility index (Phi) is 8.05. The lowest BCUT2D eigenvalue weighted by Gasteiger charge is -2.29. The Morgan fingerprint density at radius 2 is 1.95 bits per heavy atom. The van der Waals surface area contributed by atoms with Crippen LogP contribution in [0.2, 0.25) is 0 Å². The molecule has 1 saturated heterocycles. The molecule has 9 nitrogen and oxygen atoms in total. The maximum Gasteiger partial charge on any atom is 0.163 e. The minimum Gasteiger partial charge on any atom is -0.593 e. The van der Waals surface area contributed by atoms with Crippen molar-refractivity contribution in [2.45, 2.75) is 6.42 Å². The van der Waals surface area contributed by atoms with Gasteiger partial charge in [-0.25, -0.2) is 28.5 Å². The van der Waals surface area contributed by atoms with Gasteiger partial charge in [0.15, 0.2) is 11.6 Å². The summed E-state index contributed by atoms with van der Waals surface area (Å²) in [6, 6.07) is 9.25. The lowest BCUT2D eigenvalue weighted by Crippen LogP contribution is -2.37. The van der Waals surface area contributed by atoms with Crippen molar-refractivity contribution in [2.24, 2.45) is 0 Å². The zero-order chi connectivity index (χ0) is 29.2. The van der Waals surface area contributed by atoms with Crippen LogP contribution in [0, 0.1) is 11.6 Å². The molecule has 218 valence electrons. The number of hydrogen-bond acceptors (Lipinski definition) is 8. The summed E-state index contributed by atoms with van der Waals surface area (Å²) < 4.78 is 69.6. The van der Waals surface area contributed by atoms with Crippen molar-refractivity contribution in [2.75, 3.05) is 55.5 Å². The third-order valence-corrected chi connectivity index (χ3v) is 8.11. The average Bonchev–Trinajstić information content (AvgIpc) is 3.49. The summed E-state index contributed by atoms with van der Waals surface area (Å²) in [6.07, 6.45) is 3.54. The smallest absolute Gasteiger partial charge is 0.163 e. The molecule has 0 aliphatic carbocycles. The maximum absolute atomic E-state index is 15.8. The lowest BCUT2D eigenvalue weighted by molar-refractivity contribution is 0.122. The fraction of sp³-hybridized carbons (Fsp3) is 0.276. The average molecular weight is 597 g/mol. The molecule has 6 rings (SSSR count). The van der Waals surface area contributed by atoms with Crippen LogP contribution < -0.4 is 14.4 Å². The number of benzene rings is 2. The summed E-state index contributed by atoms with van der Waals surface area (Å²) in [5.74, 6) is -0.478. The van der Waals surface area contributed by atoms with Gasteiger partial charge in [0.05, 0.1) is 43.9 Å². The van der Waals surface area contributed by atoms with Crippen molar-refractivity contribution in [3.63, 3.8) is 0 Å². The summed E-state index contributed by atoms with van der Waals surface area (Å²) in [4.78, 5) is 19.3. The quantitative estimate of drug-likeness (QED) is 0.218. The fourth-order valence-electron chi connectivity index (χ4n) is 4.95. The number of morpholine rings is 1. The van der Waals surface area contributed by atoms with Crippen LogP contribution >= 0.6 is 0 Å². The number of anilines is 2. The van der Waals surface area contributed by atoms with Crippen molar-refractivity contribution in [3.8, 4) is 28.3 Å². The summed E-state index contributed by atoms with van der Waals surface area (Å²) >= 11 is -1.74. The number of fused-ring (bicyclic) bond motifs is 2. The summed E-state index contributed by atoms with van der Waals surface area (Å²) in [5, 5.41) is 1.44. The molecule has 0 saturated carbocycles. The first-order valence-corrected chi connectivity index (χ1v) is 14.6. The first kappa shape index (κ1) is 28.1. The molecule has 0 bridgehead atoms. The van der Waals surface area contributed by atoms with E-state index < -0.39 is 29.7 Å². The maximum atomic E-state index is 15.8. The van der Waals surface area contributed by atoms with E-state index in [1.54, 1.807) is 18.5 Å². The molecule has 42 heavy (non-hydrogen) atoms. The second-order valence-electron chi connectivity index (χ2n) is 9.66. The molecule has 2 aromatic carbocycles. The number of ether oxygens (including phenoxy) is 2. The number of alkyl halides is 1. The van der Waals surface area contributed by atoms with Gasteiger partial charge >= 0.3 is 0 Å². The number of aromatic nitrogens is 4. The number of halogens is 3. The number of H-pyrrole nitrogens is 1. The van der Waals surface area contributed by atoms with E-state index in [4.69, 9.17) is 19.4 Å². The Hall–Kier alpha value is -4.07. The second-order valence-corrected chi connectivity index (χ2v) is 11.0. The highest BCUT2D eigenvalue weighted by atomic mass is 32.2. The Labute approximate surface area is 242 Å². The van der Waals surface area contributed by atoms with Gasteiger partial charge in [0, 0.05) is 48.2 Å². The zero-order valence-electron chi connectivity index (χ0n) is 22.6. The first-order valence-electron chi connectivity index (χ1n) is 13.3. The first-order chi connectivity index (χ1) is 20.5. The fourth-order valence-corrected chi connectivity index (χ4v) is 5.82. The Balaban J connectivity index is 1.52. The zero-order valence-corrected chi connectivity index (χ0v) is 23.4. The van der Waals surface area contributed by atoms with Crippen molar-refractivity contribution < 1.29 is 27.2 Å². The Bertz CT molecular complexity index is 1750. The largest absolute Gasteiger partial charge is 0.593 e. The van der Waals surface area contributed by atoms with Crippen molar-refractivity contribution >= 4 is 44.8 Å². The second kappa shape index (κ2) is 12.0. The summed E-state index contributed by atoms with van der Waals surface area (Å²) in [5.41, 5.74) is 1.60. The van der Waals surface area contributed by atoms with Crippen molar-refractivity contribution in [1.82, 2.24) is 19.9 Å². The third-order valence-electron chi connectivity index (χ3n) is 7.00. The molecule has 1 aliphatic heterocycles. The SMILES string of the molecule is COc1cc(-c2c(F)ccc(N[S+]([O-])CCCF)c2F)cc2c(N3CCOCC3)nc(-c3cnc4[nH]ccc4c3)nc12. The van der Waals surface area contributed by atoms with E-state index in [2.05, 4.69) is 14.7 Å². The predicted molar refractivity (Wildman–Crippen MR) is 157 cm³/mol. The van der Waals surface area contributed by atoms with Crippen LogP contribution in [0.1, 0.15) is 6.42 Å². The minimum absolute atomic E-state index is 0.0123. The van der Waals surface area contributed by atoms with E-state index in [-0.39, 0.29) is 29.0 Å². The van der Waals surface area contributed by atoms with E-state index in [1.165, 1.54) is 19.2 Å². The molecule has 1 unspecified atom stereocenters.